The van der Waals surface area contributed by atoms with Gasteiger partial charge in [-0.15, -0.1) is 0 Å². The number of Topliss-reactive ketones (excluding diaryl/α,β-unsaturated/α-hetero) is 3. The molecule has 0 aromatic heterocycles. The Morgan fingerprint density at radius 1 is 0.833 bits per heavy atom. The van der Waals surface area contributed by atoms with Crippen molar-refractivity contribution in [2.45, 2.75) is 186 Å². The number of fused-ring (bicyclic) bond motifs is 3. The molecule has 3 fully saturated rings. The van der Waals surface area contributed by atoms with Gasteiger partial charge in [-0.3, -0.25) is 19.2 Å². The van der Waals surface area contributed by atoms with Gasteiger partial charge < -0.3 is 43.9 Å². The highest BCUT2D eigenvalue weighted by atomic mass is 16.6. The summed E-state index contributed by atoms with van der Waals surface area (Å²) in [6, 6.07) is -1.14. The van der Waals surface area contributed by atoms with Crippen molar-refractivity contribution in [2.75, 3.05) is 27.9 Å². The van der Waals surface area contributed by atoms with Gasteiger partial charge >= 0.3 is 5.97 Å². The van der Waals surface area contributed by atoms with Crippen molar-refractivity contribution in [2.24, 2.45) is 35.5 Å². The largest absolute Gasteiger partial charge is 0.460 e. The van der Waals surface area contributed by atoms with Crippen LogP contribution in [-0.4, -0.2) is 132 Å². The summed E-state index contributed by atoms with van der Waals surface area (Å²) in [6.45, 7) is 12.8. The number of carbonyl (C=O) groups excluding carboxylic acids is 5. The second kappa shape index (κ2) is 25.8. The van der Waals surface area contributed by atoms with Crippen LogP contribution in [0, 0.1) is 35.5 Å². The lowest BCUT2D eigenvalue weighted by molar-refractivity contribution is -0.265. The topological polar surface area (TPSA) is 195 Å². The SMILES string of the molecule is CO[C@H]1C[C@@H]2CC[C@@H](C)[C@@](O)(O2)C(=O)C(=O)N2CCCC[C@H]2C(=O)O[C@H]([C@H](C)CC2CC[C@@H](O)[C@H](OC)C2)CC(=O)[C@H](C)/C=C(\C)[C@@H](O)[C@@H](OC)C(=O)[C@H](C)CC[C@H](C)/C=C/C=C/C=C/1C. The van der Waals surface area contributed by atoms with Crippen molar-refractivity contribution in [3.8, 4) is 0 Å². The molecule has 15 atom stereocenters. The number of nitrogens with zero attached hydrogens (tertiary/aromatic N) is 1. The number of hydrogen-bond donors (Lipinski definition) is 3. The number of cyclic esters (lactones) is 1. The van der Waals surface area contributed by atoms with Gasteiger partial charge in [0.15, 0.2) is 5.78 Å². The van der Waals surface area contributed by atoms with Gasteiger partial charge in [-0.05, 0) is 113 Å². The van der Waals surface area contributed by atoms with Crippen LogP contribution in [-0.2, 0) is 47.7 Å². The number of hydrogen-bond acceptors (Lipinski definition) is 13. The van der Waals surface area contributed by atoms with E-state index in [9.17, 15) is 39.3 Å². The van der Waals surface area contributed by atoms with Crippen LogP contribution in [0.3, 0.4) is 0 Å². The van der Waals surface area contributed by atoms with E-state index in [1.807, 2.05) is 45.1 Å². The minimum absolute atomic E-state index is 0.0880. The fourth-order valence-corrected chi connectivity index (χ4v) is 10.1. The van der Waals surface area contributed by atoms with Crippen molar-refractivity contribution in [3.05, 3.63) is 47.6 Å². The molecular weight excluding hydrogens is 847 g/mol. The molecule has 1 amide bonds. The molecule has 1 saturated carbocycles. The highest BCUT2D eigenvalue weighted by Crippen LogP contribution is 2.38. The molecule has 372 valence electrons. The van der Waals surface area contributed by atoms with E-state index in [0.717, 1.165) is 18.4 Å². The highest BCUT2D eigenvalue weighted by Gasteiger charge is 2.53. The molecule has 14 heteroatoms. The molecule has 1 aliphatic carbocycles. The molecule has 4 rings (SSSR count). The Hall–Kier alpha value is -3.37. The number of ketones is 3. The van der Waals surface area contributed by atoms with Gasteiger partial charge in [-0.25, -0.2) is 4.79 Å². The van der Waals surface area contributed by atoms with Gasteiger partial charge in [0.05, 0.1) is 24.4 Å². The van der Waals surface area contributed by atoms with E-state index >= 15 is 0 Å². The number of rotatable bonds is 6. The van der Waals surface area contributed by atoms with Gasteiger partial charge in [0, 0.05) is 58.5 Å². The van der Waals surface area contributed by atoms with Crippen molar-refractivity contribution in [1.29, 1.82) is 0 Å². The number of ether oxygens (including phenoxy) is 5. The number of amides is 1. The highest BCUT2D eigenvalue weighted by molar-refractivity contribution is 6.39. The fourth-order valence-electron chi connectivity index (χ4n) is 10.1. The van der Waals surface area contributed by atoms with Crippen LogP contribution in [0.15, 0.2) is 47.6 Å². The third-order valence-electron chi connectivity index (χ3n) is 14.8. The Morgan fingerprint density at radius 2 is 1.56 bits per heavy atom. The minimum atomic E-state index is -2.43. The third-order valence-corrected chi connectivity index (χ3v) is 14.8. The fraction of sp³-hybridized carbons (Fsp3) is 0.750. The first-order valence-electron chi connectivity index (χ1n) is 24.4. The lowest BCUT2D eigenvalue weighted by Gasteiger charge is -2.42. The number of aliphatic hydroxyl groups excluding tert-OH is 2. The molecular formula is C52H81NO13. The van der Waals surface area contributed by atoms with Crippen LogP contribution in [0.1, 0.15) is 132 Å². The zero-order valence-electron chi connectivity index (χ0n) is 41.3. The molecule has 3 N–H and O–H groups in total. The molecule has 14 nitrogen and oxygen atoms in total. The van der Waals surface area contributed by atoms with E-state index in [1.54, 1.807) is 41.1 Å². The maximum absolute atomic E-state index is 14.4. The average Bonchev–Trinajstić information content (AvgIpc) is 3.30. The molecule has 1 unspecified atom stereocenters. The predicted octanol–water partition coefficient (Wildman–Crippen LogP) is 6.57. The Morgan fingerprint density at radius 3 is 2.24 bits per heavy atom. The van der Waals surface area contributed by atoms with Gasteiger partial charge in [0.1, 0.15) is 30.1 Å². The second-order valence-electron chi connectivity index (χ2n) is 19.9. The molecule has 0 aromatic carbocycles. The van der Waals surface area contributed by atoms with E-state index < -0.39 is 83.9 Å². The van der Waals surface area contributed by atoms with E-state index in [4.69, 9.17) is 23.7 Å². The Labute approximate surface area is 393 Å². The number of aliphatic hydroxyl groups is 3. The number of methoxy groups -OCH3 is 3. The molecule has 66 heavy (non-hydrogen) atoms. The second-order valence-corrected chi connectivity index (χ2v) is 19.9. The first-order chi connectivity index (χ1) is 31.2. The van der Waals surface area contributed by atoms with E-state index in [2.05, 4.69) is 13.0 Å². The number of allylic oxidation sites excluding steroid dienone is 6. The maximum atomic E-state index is 14.4. The normalized spacial score (nSPS) is 40.2. The monoisotopic (exact) mass is 928 g/mol. The summed E-state index contributed by atoms with van der Waals surface area (Å²) < 4.78 is 29.4. The summed E-state index contributed by atoms with van der Waals surface area (Å²) in [5, 5.41) is 33.9. The zero-order valence-corrected chi connectivity index (χ0v) is 41.3. The van der Waals surface area contributed by atoms with Crippen LogP contribution in [0.2, 0.25) is 0 Å². The van der Waals surface area contributed by atoms with Gasteiger partial charge in [0.25, 0.3) is 11.7 Å². The molecule has 2 saturated heterocycles. The summed E-state index contributed by atoms with van der Waals surface area (Å²) in [7, 11) is 4.54. The lowest BCUT2D eigenvalue weighted by Crippen LogP contribution is -2.61. The number of piperidine rings is 1. The summed E-state index contributed by atoms with van der Waals surface area (Å²) >= 11 is 0. The van der Waals surface area contributed by atoms with Crippen LogP contribution >= 0.6 is 0 Å². The van der Waals surface area contributed by atoms with Gasteiger partial charge in [-0.2, -0.15) is 0 Å². The first kappa shape index (κ1) is 55.2. The van der Waals surface area contributed by atoms with Crippen LogP contribution in [0.4, 0.5) is 0 Å². The molecule has 0 aromatic rings. The maximum Gasteiger partial charge on any atom is 0.329 e. The minimum Gasteiger partial charge on any atom is -0.460 e. The van der Waals surface area contributed by atoms with E-state index in [1.165, 1.54) is 12.0 Å². The van der Waals surface area contributed by atoms with Crippen LogP contribution in [0.5, 0.6) is 0 Å². The predicted molar refractivity (Wildman–Crippen MR) is 250 cm³/mol. The zero-order chi connectivity index (χ0) is 48.9. The summed E-state index contributed by atoms with van der Waals surface area (Å²) in [4.78, 5) is 71.8. The lowest BCUT2D eigenvalue weighted by atomic mass is 9.78. The quantitative estimate of drug-likeness (QED) is 0.147. The van der Waals surface area contributed by atoms with Gasteiger partial charge in [-0.1, -0.05) is 71.1 Å². The molecule has 3 heterocycles. The molecule has 4 aliphatic rings. The Balaban J connectivity index is 1.69. The van der Waals surface area contributed by atoms with E-state index in [-0.39, 0.29) is 54.8 Å². The molecule has 3 aliphatic heterocycles. The molecule has 2 bridgehead atoms. The van der Waals surface area contributed by atoms with Crippen LogP contribution in [0.25, 0.3) is 0 Å². The Kier molecular flexibility index (Phi) is 21.6. The number of esters is 1. The first-order valence-corrected chi connectivity index (χ1v) is 24.4. The Bertz CT molecular complexity index is 1770. The van der Waals surface area contributed by atoms with E-state index in [0.29, 0.717) is 63.4 Å². The smallest absolute Gasteiger partial charge is 0.329 e. The number of carbonyl (C=O) groups is 5. The third kappa shape index (κ3) is 14.6. The summed E-state index contributed by atoms with van der Waals surface area (Å²) in [5.74, 6) is -7.74. The van der Waals surface area contributed by atoms with Crippen molar-refractivity contribution >= 4 is 29.2 Å². The van der Waals surface area contributed by atoms with Crippen LogP contribution < -0.4 is 0 Å². The molecule has 0 radical (unpaired) electrons. The van der Waals surface area contributed by atoms with Gasteiger partial charge in [0.2, 0.25) is 5.79 Å². The average molecular weight is 928 g/mol. The summed E-state index contributed by atoms with van der Waals surface area (Å²) in [6.07, 6.45) is 12.2. The van der Waals surface area contributed by atoms with Crippen molar-refractivity contribution in [3.63, 3.8) is 0 Å². The van der Waals surface area contributed by atoms with Crippen molar-refractivity contribution < 1.29 is 63.0 Å². The summed E-state index contributed by atoms with van der Waals surface area (Å²) in [5.41, 5.74) is 1.29. The van der Waals surface area contributed by atoms with Crippen molar-refractivity contribution in [1.82, 2.24) is 4.90 Å². The standard InChI is InChI=1S/C52H81NO13/c1-31-16-12-11-13-17-32(2)43(62-8)29-39-23-21-37(7)52(61,66-39)49(58)50(59)53-25-15-14-18-40(53)51(60)65-44(35(5)27-38-22-24-41(54)45(28-38)63-9)30-42(55)34(4)26-36(6)47(57)48(64-10)46(56)33(3)20-19-31/h11-13,16-17,26,31,33-35,37-41,43-45,47-48,54,57,61H,14-15,18-25,27-30H2,1-10H3/b13-11+,16-12+,32-17+,36-26+/t31-,33-,34-,35-,37-,38?,39+,40+,41-,43+,44+,45-,47-,48+,52-/m1/s1. The molecule has 0 spiro atoms.